The molecule has 0 bridgehead atoms. The summed E-state index contributed by atoms with van der Waals surface area (Å²) in [4.78, 5) is 43.0. The number of aromatic carboxylic acids is 1. The SMILES string of the molecule is CCOC(=O)C1=C(C)N=c2s/c(=C\c3ccc(-c4cccc(C(=O)O)c4C)o3)c(=O)n2[C@@H]1c1ccc(F)cc1. The Morgan fingerprint density at radius 3 is 2.59 bits per heavy atom. The number of esters is 1. The van der Waals surface area contributed by atoms with E-state index in [1.165, 1.54) is 34.9 Å². The van der Waals surface area contributed by atoms with Gasteiger partial charge in [-0.1, -0.05) is 35.6 Å². The second kappa shape index (κ2) is 10.3. The summed E-state index contributed by atoms with van der Waals surface area (Å²) in [6.45, 7) is 5.21. The van der Waals surface area contributed by atoms with Crippen molar-refractivity contribution in [2.75, 3.05) is 6.61 Å². The molecule has 0 amide bonds. The zero-order valence-corrected chi connectivity index (χ0v) is 22.0. The highest BCUT2D eigenvalue weighted by atomic mass is 32.1. The third-order valence-corrected chi connectivity index (χ3v) is 7.42. The molecule has 0 aliphatic carbocycles. The molecule has 0 saturated heterocycles. The molecule has 0 spiro atoms. The van der Waals surface area contributed by atoms with Crippen molar-refractivity contribution in [2.24, 2.45) is 4.99 Å². The number of aromatic nitrogens is 1. The lowest BCUT2D eigenvalue weighted by atomic mass is 9.96. The Bertz CT molecular complexity index is 1830. The molecule has 10 heteroatoms. The molecule has 1 aliphatic heterocycles. The number of rotatable bonds is 6. The second-order valence-electron chi connectivity index (χ2n) is 8.84. The van der Waals surface area contributed by atoms with E-state index in [0.29, 0.717) is 43.2 Å². The Balaban J connectivity index is 1.63. The first-order chi connectivity index (χ1) is 18.7. The van der Waals surface area contributed by atoms with Crippen molar-refractivity contribution in [1.29, 1.82) is 0 Å². The molecule has 0 unspecified atom stereocenters. The van der Waals surface area contributed by atoms with E-state index in [1.807, 2.05) is 0 Å². The van der Waals surface area contributed by atoms with Crippen LogP contribution in [0.1, 0.15) is 47.1 Å². The van der Waals surface area contributed by atoms with Gasteiger partial charge < -0.3 is 14.3 Å². The van der Waals surface area contributed by atoms with Crippen LogP contribution < -0.4 is 14.9 Å². The Labute approximate surface area is 225 Å². The van der Waals surface area contributed by atoms with Crippen molar-refractivity contribution < 1.29 is 28.2 Å². The van der Waals surface area contributed by atoms with E-state index < -0.39 is 29.4 Å². The van der Waals surface area contributed by atoms with Crippen LogP contribution in [-0.2, 0) is 9.53 Å². The molecule has 1 atom stereocenters. The quantitative estimate of drug-likeness (QED) is 0.363. The number of thiazole rings is 1. The van der Waals surface area contributed by atoms with E-state index in [2.05, 4.69) is 4.99 Å². The minimum absolute atomic E-state index is 0.145. The summed E-state index contributed by atoms with van der Waals surface area (Å²) in [6.07, 6.45) is 1.58. The number of ether oxygens (including phenoxy) is 1. The Hall–Kier alpha value is -4.57. The van der Waals surface area contributed by atoms with E-state index >= 15 is 0 Å². The number of carbonyl (C=O) groups is 2. The Morgan fingerprint density at radius 2 is 1.90 bits per heavy atom. The van der Waals surface area contributed by atoms with Crippen LogP contribution in [0, 0.1) is 12.7 Å². The highest BCUT2D eigenvalue weighted by Gasteiger charge is 2.33. The fraction of sp³-hybridized carbons (Fsp3) is 0.172. The number of furan rings is 1. The van der Waals surface area contributed by atoms with E-state index in [9.17, 15) is 23.9 Å². The molecular formula is C29H23FN2O6S. The van der Waals surface area contributed by atoms with Crippen LogP contribution >= 0.6 is 11.3 Å². The fourth-order valence-corrected chi connectivity index (χ4v) is 5.62. The van der Waals surface area contributed by atoms with E-state index in [4.69, 9.17) is 9.15 Å². The number of benzene rings is 2. The molecule has 5 rings (SSSR count). The first kappa shape index (κ1) is 26.1. The van der Waals surface area contributed by atoms with Gasteiger partial charge in [-0.25, -0.2) is 19.0 Å². The molecule has 2 aromatic carbocycles. The molecule has 198 valence electrons. The molecule has 3 heterocycles. The van der Waals surface area contributed by atoms with Gasteiger partial charge in [-0.15, -0.1) is 0 Å². The number of allylic oxidation sites excluding steroid dienone is 1. The first-order valence-electron chi connectivity index (χ1n) is 12.1. The number of carboxylic acid groups (broad SMARTS) is 1. The topological polar surface area (TPSA) is 111 Å². The maximum Gasteiger partial charge on any atom is 0.338 e. The number of carboxylic acids is 1. The van der Waals surface area contributed by atoms with Crippen LogP contribution in [0.4, 0.5) is 4.39 Å². The molecule has 1 N–H and O–H groups in total. The number of halogens is 1. The molecule has 4 aromatic rings. The van der Waals surface area contributed by atoms with Gasteiger partial charge in [0.25, 0.3) is 5.56 Å². The van der Waals surface area contributed by atoms with Crippen molar-refractivity contribution in [2.45, 2.75) is 26.8 Å². The Morgan fingerprint density at radius 1 is 1.15 bits per heavy atom. The van der Waals surface area contributed by atoms with Crippen LogP contribution in [0.2, 0.25) is 0 Å². The van der Waals surface area contributed by atoms with Gasteiger partial charge in [0, 0.05) is 11.6 Å². The molecule has 1 aliphatic rings. The summed E-state index contributed by atoms with van der Waals surface area (Å²) in [5, 5.41) is 9.43. The normalized spacial score (nSPS) is 15.2. The Kier molecular flexibility index (Phi) is 6.88. The van der Waals surface area contributed by atoms with Crippen molar-refractivity contribution in [1.82, 2.24) is 4.57 Å². The average molecular weight is 547 g/mol. The van der Waals surface area contributed by atoms with Crippen LogP contribution in [-0.4, -0.2) is 28.2 Å². The third kappa shape index (κ3) is 4.74. The molecule has 0 radical (unpaired) electrons. The highest BCUT2D eigenvalue weighted by Crippen LogP contribution is 2.31. The number of nitrogens with zero attached hydrogens (tertiary/aromatic N) is 2. The number of hydrogen-bond donors (Lipinski definition) is 1. The third-order valence-electron chi connectivity index (χ3n) is 6.43. The number of carbonyl (C=O) groups excluding carboxylic acids is 1. The summed E-state index contributed by atoms with van der Waals surface area (Å²) >= 11 is 1.13. The minimum atomic E-state index is -1.03. The van der Waals surface area contributed by atoms with Gasteiger partial charge in [0.15, 0.2) is 4.80 Å². The van der Waals surface area contributed by atoms with Crippen LogP contribution in [0.5, 0.6) is 0 Å². The van der Waals surface area contributed by atoms with Gasteiger partial charge in [0.05, 0.1) is 34.0 Å². The number of hydrogen-bond acceptors (Lipinski definition) is 7. The van der Waals surface area contributed by atoms with Gasteiger partial charge in [0.1, 0.15) is 17.3 Å². The minimum Gasteiger partial charge on any atom is -0.478 e. The lowest BCUT2D eigenvalue weighted by Crippen LogP contribution is -2.39. The summed E-state index contributed by atoms with van der Waals surface area (Å²) < 4.78 is 26.7. The second-order valence-corrected chi connectivity index (χ2v) is 9.85. The summed E-state index contributed by atoms with van der Waals surface area (Å²) in [5.41, 5.74) is 2.11. The van der Waals surface area contributed by atoms with E-state index in [1.54, 1.807) is 51.1 Å². The largest absolute Gasteiger partial charge is 0.478 e. The predicted octanol–water partition coefficient (Wildman–Crippen LogP) is 4.20. The molecule has 8 nitrogen and oxygen atoms in total. The van der Waals surface area contributed by atoms with Crippen LogP contribution in [0.15, 0.2) is 80.1 Å². The monoisotopic (exact) mass is 546 g/mol. The van der Waals surface area contributed by atoms with E-state index in [0.717, 1.165) is 11.3 Å². The van der Waals surface area contributed by atoms with Crippen molar-refractivity contribution in [3.63, 3.8) is 0 Å². The highest BCUT2D eigenvalue weighted by molar-refractivity contribution is 7.07. The molecule has 2 aromatic heterocycles. The first-order valence-corrected chi connectivity index (χ1v) is 12.9. The van der Waals surface area contributed by atoms with Gasteiger partial charge >= 0.3 is 11.9 Å². The molecule has 0 saturated carbocycles. The van der Waals surface area contributed by atoms with Gasteiger partial charge in [-0.05, 0) is 62.2 Å². The lowest BCUT2D eigenvalue weighted by Gasteiger charge is -2.24. The smallest absolute Gasteiger partial charge is 0.338 e. The maximum atomic E-state index is 13.7. The zero-order valence-electron chi connectivity index (χ0n) is 21.2. The zero-order chi connectivity index (χ0) is 27.8. The summed E-state index contributed by atoms with van der Waals surface area (Å²) in [7, 11) is 0. The lowest BCUT2D eigenvalue weighted by molar-refractivity contribution is -0.139. The average Bonchev–Trinajstić information content (AvgIpc) is 3.48. The molecule has 0 fully saturated rings. The van der Waals surface area contributed by atoms with Crippen LogP contribution in [0.25, 0.3) is 17.4 Å². The predicted molar refractivity (Wildman–Crippen MR) is 143 cm³/mol. The van der Waals surface area contributed by atoms with Gasteiger partial charge in [-0.3, -0.25) is 9.36 Å². The van der Waals surface area contributed by atoms with Gasteiger partial charge in [-0.2, -0.15) is 0 Å². The van der Waals surface area contributed by atoms with Gasteiger partial charge in [0.2, 0.25) is 0 Å². The fourth-order valence-electron chi connectivity index (χ4n) is 4.59. The number of fused-ring (bicyclic) bond motifs is 1. The maximum absolute atomic E-state index is 13.7. The molecular weight excluding hydrogens is 523 g/mol. The van der Waals surface area contributed by atoms with Crippen molar-refractivity contribution in [3.8, 4) is 11.3 Å². The van der Waals surface area contributed by atoms with Crippen molar-refractivity contribution in [3.05, 3.63) is 114 Å². The van der Waals surface area contributed by atoms with E-state index in [-0.39, 0.29) is 17.7 Å². The summed E-state index contributed by atoms with van der Waals surface area (Å²) in [5.74, 6) is -1.23. The molecule has 39 heavy (non-hydrogen) atoms. The van der Waals surface area contributed by atoms with Crippen LogP contribution in [0.3, 0.4) is 0 Å². The van der Waals surface area contributed by atoms with Crippen molar-refractivity contribution >= 4 is 29.4 Å². The summed E-state index contributed by atoms with van der Waals surface area (Å²) in [6, 6.07) is 13.1. The standard InChI is InChI=1S/C29H23FN2O6S/c1-4-37-28(36)24-16(3)31-29-32(25(24)17-8-10-18(30)11-9-17)26(33)23(39-29)14-19-12-13-22(38-19)20-6-5-7-21(15(20)2)27(34)35/h5-14,25H,4H2,1-3H3,(H,34,35)/b23-14-/t25-/m1/s1.